The number of carboxylic acid groups (broad SMARTS) is 1. The van der Waals surface area contributed by atoms with E-state index in [-0.39, 0.29) is 12.8 Å². The van der Waals surface area contributed by atoms with Crippen LogP contribution in [-0.2, 0) is 9.59 Å². The molecule has 5 heteroatoms. The predicted molar refractivity (Wildman–Crippen MR) is 32.1 cm³/mol. The van der Waals surface area contributed by atoms with Gasteiger partial charge >= 0.3 is 5.97 Å². The zero-order chi connectivity index (χ0) is 8.15. The third-order valence-electron chi connectivity index (χ3n) is 0.949. The van der Waals surface area contributed by atoms with Crippen LogP contribution < -0.4 is 5.73 Å². The van der Waals surface area contributed by atoms with Crippen LogP contribution in [0.5, 0.6) is 0 Å². The van der Waals surface area contributed by atoms with Crippen LogP contribution >= 0.6 is 0 Å². The minimum atomic E-state index is -1.48. The Hall–Kier alpha value is -1.10. The summed E-state index contributed by atoms with van der Waals surface area (Å²) < 4.78 is 0. The van der Waals surface area contributed by atoms with Gasteiger partial charge in [0.25, 0.3) is 0 Å². The van der Waals surface area contributed by atoms with Crippen molar-refractivity contribution in [2.45, 2.75) is 18.9 Å². The van der Waals surface area contributed by atoms with Crippen LogP contribution in [0.1, 0.15) is 12.8 Å². The maximum Gasteiger partial charge on any atom is 0.332 e. The monoisotopic (exact) mass is 147 g/mol. The van der Waals surface area contributed by atoms with Gasteiger partial charge < -0.3 is 15.9 Å². The van der Waals surface area contributed by atoms with Gasteiger partial charge in [0.1, 0.15) is 0 Å². The highest BCUT2D eigenvalue weighted by Gasteiger charge is 2.12. The molecule has 0 bridgehead atoms. The Bertz CT molecular complexity index is 145. The molecule has 10 heavy (non-hydrogen) atoms. The van der Waals surface area contributed by atoms with Crippen LogP contribution in [0.15, 0.2) is 0 Å². The highest BCUT2D eigenvalue weighted by Crippen LogP contribution is 1.95. The van der Waals surface area contributed by atoms with E-state index in [1.807, 2.05) is 0 Å². The van der Waals surface area contributed by atoms with E-state index in [0.29, 0.717) is 0 Å². The van der Waals surface area contributed by atoms with Gasteiger partial charge in [-0.25, -0.2) is 4.79 Å². The molecule has 0 aliphatic carbocycles. The number of hydrogen-bond donors (Lipinski definition) is 3. The number of carboxylic acids is 1. The molecule has 0 rings (SSSR count). The molecular formula is C5H9NO4. The van der Waals surface area contributed by atoms with E-state index in [2.05, 4.69) is 0 Å². The summed E-state index contributed by atoms with van der Waals surface area (Å²) in [6.45, 7) is 0. The average molecular weight is 147 g/mol. The fourth-order valence-corrected chi connectivity index (χ4v) is 0.402. The highest BCUT2D eigenvalue weighted by molar-refractivity contribution is 5.76. The van der Waals surface area contributed by atoms with Crippen LogP contribution in [0, 0.1) is 0 Å². The normalized spacial score (nSPS) is 12.5. The van der Waals surface area contributed by atoms with Crippen molar-refractivity contribution in [3.05, 3.63) is 0 Å². The summed E-state index contributed by atoms with van der Waals surface area (Å²) in [6, 6.07) is 0. The van der Waals surface area contributed by atoms with E-state index in [4.69, 9.17) is 15.9 Å². The number of primary amides is 1. The number of aliphatic hydroxyl groups is 1. The van der Waals surface area contributed by atoms with Crippen LogP contribution in [0.4, 0.5) is 0 Å². The second-order valence-electron chi connectivity index (χ2n) is 1.86. The lowest BCUT2D eigenvalue weighted by atomic mass is 10.2. The number of carbonyl (C=O) groups is 2. The van der Waals surface area contributed by atoms with E-state index in [0.717, 1.165) is 0 Å². The number of carbonyl (C=O) groups excluding carboxylic acids is 1. The molecule has 0 aliphatic rings. The van der Waals surface area contributed by atoms with Crippen LogP contribution in [-0.4, -0.2) is 28.2 Å². The van der Waals surface area contributed by atoms with Crippen molar-refractivity contribution >= 4 is 11.9 Å². The molecule has 0 aromatic heterocycles. The molecule has 0 aliphatic heterocycles. The van der Waals surface area contributed by atoms with Gasteiger partial charge in [0.15, 0.2) is 6.10 Å². The summed E-state index contributed by atoms with van der Waals surface area (Å²) >= 11 is 0. The number of aliphatic hydroxyl groups excluding tert-OH is 1. The summed E-state index contributed by atoms with van der Waals surface area (Å²) in [4.78, 5) is 20.0. The fraction of sp³-hybridized carbons (Fsp3) is 0.600. The Kier molecular flexibility index (Phi) is 3.42. The predicted octanol–water partition coefficient (Wildman–Crippen LogP) is -1.30. The third kappa shape index (κ3) is 3.85. The van der Waals surface area contributed by atoms with Crippen LogP contribution in [0.3, 0.4) is 0 Å². The number of aliphatic carboxylic acids is 1. The molecule has 1 atom stereocenters. The minimum Gasteiger partial charge on any atom is -0.479 e. The van der Waals surface area contributed by atoms with Gasteiger partial charge in [0, 0.05) is 6.42 Å². The van der Waals surface area contributed by atoms with E-state index in [1.54, 1.807) is 0 Å². The lowest BCUT2D eigenvalue weighted by molar-refractivity contribution is -0.147. The molecule has 0 radical (unpaired) electrons. The third-order valence-corrected chi connectivity index (χ3v) is 0.949. The van der Waals surface area contributed by atoms with Gasteiger partial charge in [-0.3, -0.25) is 4.79 Å². The van der Waals surface area contributed by atoms with Gasteiger partial charge in [-0.2, -0.15) is 0 Å². The van der Waals surface area contributed by atoms with Gasteiger partial charge in [-0.15, -0.1) is 0 Å². The Labute approximate surface area is 57.5 Å². The molecule has 1 amide bonds. The van der Waals surface area contributed by atoms with Crippen molar-refractivity contribution in [2.75, 3.05) is 0 Å². The lowest BCUT2D eigenvalue weighted by Gasteiger charge is -2.00. The van der Waals surface area contributed by atoms with Gasteiger partial charge in [0.05, 0.1) is 0 Å². The molecular weight excluding hydrogens is 138 g/mol. The first kappa shape index (κ1) is 8.90. The molecule has 0 saturated heterocycles. The first-order chi connectivity index (χ1) is 4.54. The summed E-state index contributed by atoms with van der Waals surface area (Å²) in [5, 5.41) is 16.7. The molecule has 0 spiro atoms. The van der Waals surface area contributed by atoms with Gasteiger partial charge in [-0.05, 0) is 6.42 Å². The first-order valence-corrected chi connectivity index (χ1v) is 2.73. The molecule has 0 fully saturated rings. The summed E-state index contributed by atoms with van der Waals surface area (Å²) in [6.07, 6.45) is -1.70. The van der Waals surface area contributed by atoms with Crippen molar-refractivity contribution < 1.29 is 19.8 Å². The zero-order valence-electron chi connectivity index (χ0n) is 5.28. The molecule has 5 nitrogen and oxygen atoms in total. The molecule has 0 saturated carbocycles. The van der Waals surface area contributed by atoms with Crippen LogP contribution in [0.25, 0.3) is 0 Å². The Balaban J connectivity index is 3.49. The van der Waals surface area contributed by atoms with Crippen molar-refractivity contribution in [1.82, 2.24) is 0 Å². The number of nitrogens with two attached hydrogens (primary N) is 1. The zero-order valence-corrected chi connectivity index (χ0v) is 5.28. The largest absolute Gasteiger partial charge is 0.479 e. The van der Waals surface area contributed by atoms with E-state index < -0.39 is 18.0 Å². The van der Waals surface area contributed by atoms with Crippen molar-refractivity contribution in [2.24, 2.45) is 5.73 Å². The van der Waals surface area contributed by atoms with Crippen molar-refractivity contribution in [1.29, 1.82) is 0 Å². The SMILES string of the molecule is NC(=O)CC[C@@H](O)C(=O)O. The average Bonchev–Trinajstić information content (AvgIpc) is 1.82. The fourth-order valence-electron chi connectivity index (χ4n) is 0.402. The van der Waals surface area contributed by atoms with Crippen LogP contribution in [0.2, 0.25) is 0 Å². The standard InChI is InChI=1S/C5H9NO4/c6-4(8)2-1-3(7)5(9)10/h3,7H,1-2H2,(H2,6,8)(H,9,10)/t3-/m1/s1. The summed E-state index contributed by atoms with van der Waals surface area (Å²) in [5.41, 5.74) is 4.70. The number of amides is 1. The molecule has 4 N–H and O–H groups in total. The lowest BCUT2D eigenvalue weighted by Crippen LogP contribution is -2.22. The Morgan fingerprint density at radius 1 is 1.50 bits per heavy atom. The maximum atomic E-state index is 10.0. The number of hydrogen-bond acceptors (Lipinski definition) is 3. The minimum absolute atomic E-state index is 0.104. The summed E-state index contributed by atoms with van der Waals surface area (Å²) in [7, 11) is 0. The second-order valence-corrected chi connectivity index (χ2v) is 1.86. The van der Waals surface area contributed by atoms with E-state index in [9.17, 15) is 9.59 Å². The maximum absolute atomic E-state index is 10.0. The van der Waals surface area contributed by atoms with Crippen molar-refractivity contribution in [3.63, 3.8) is 0 Å². The second kappa shape index (κ2) is 3.84. The molecule has 0 aromatic carbocycles. The number of rotatable bonds is 4. The molecule has 58 valence electrons. The quantitative estimate of drug-likeness (QED) is 0.460. The van der Waals surface area contributed by atoms with Crippen molar-refractivity contribution in [3.8, 4) is 0 Å². The van der Waals surface area contributed by atoms with E-state index in [1.165, 1.54) is 0 Å². The smallest absolute Gasteiger partial charge is 0.332 e. The Morgan fingerprint density at radius 3 is 2.30 bits per heavy atom. The molecule has 0 unspecified atom stereocenters. The van der Waals surface area contributed by atoms with E-state index >= 15 is 0 Å². The topological polar surface area (TPSA) is 101 Å². The molecule has 0 heterocycles. The highest BCUT2D eigenvalue weighted by atomic mass is 16.4. The van der Waals surface area contributed by atoms with Gasteiger partial charge in [-0.1, -0.05) is 0 Å². The Morgan fingerprint density at radius 2 is 2.00 bits per heavy atom. The molecule has 0 aromatic rings. The summed E-state index contributed by atoms with van der Waals surface area (Å²) in [5.74, 6) is -1.94. The first-order valence-electron chi connectivity index (χ1n) is 2.73. The van der Waals surface area contributed by atoms with Gasteiger partial charge in [0.2, 0.25) is 5.91 Å².